The number of ether oxygens (including phenoxy) is 1. The maximum absolute atomic E-state index is 13.9. The number of benzene rings is 1. The van der Waals surface area contributed by atoms with E-state index < -0.39 is 0 Å². The summed E-state index contributed by atoms with van der Waals surface area (Å²) in [4.78, 5) is 4.63. The second-order valence-electron chi connectivity index (χ2n) is 4.96. The van der Waals surface area contributed by atoms with Crippen LogP contribution in [0.3, 0.4) is 0 Å². The second kappa shape index (κ2) is 6.15. The first kappa shape index (κ1) is 14.5. The molecule has 0 spiro atoms. The van der Waals surface area contributed by atoms with Gasteiger partial charge < -0.3 is 9.30 Å². The monoisotopic (exact) mass is 408 g/mol. The fourth-order valence-electron chi connectivity index (χ4n) is 2.74. The van der Waals surface area contributed by atoms with Crippen LogP contribution in [0.2, 0.25) is 0 Å². The summed E-state index contributed by atoms with van der Waals surface area (Å²) in [7, 11) is 0. The van der Waals surface area contributed by atoms with Crippen molar-refractivity contribution in [3.8, 4) is 0 Å². The van der Waals surface area contributed by atoms with E-state index >= 15 is 0 Å². The maximum Gasteiger partial charge on any atom is 0.138 e. The zero-order valence-corrected chi connectivity index (χ0v) is 13.8. The van der Waals surface area contributed by atoms with Gasteiger partial charge in [0.05, 0.1) is 27.3 Å². The van der Waals surface area contributed by atoms with Crippen molar-refractivity contribution in [3.05, 3.63) is 27.3 Å². The van der Waals surface area contributed by atoms with Crippen LogP contribution in [0.5, 0.6) is 0 Å². The van der Waals surface area contributed by atoms with E-state index in [1.165, 1.54) is 0 Å². The van der Waals surface area contributed by atoms with E-state index in [4.69, 9.17) is 16.3 Å². The lowest BCUT2D eigenvalue weighted by molar-refractivity contribution is 0.0596. The van der Waals surface area contributed by atoms with E-state index in [-0.39, 0.29) is 11.9 Å². The molecule has 3 rings (SSSR count). The van der Waals surface area contributed by atoms with Crippen molar-refractivity contribution in [3.63, 3.8) is 0 Å². The number of halogens is 3. The van der Waals surface area contributed by atoms with Crippen LogP contribution in [0.4, 0.5) is 4.39 Å². The smallest absolute Gasteiger partial charge is 0.138 e. The van der Waals surface area contributed by atoms with Gasteiger partial charge in [-0.05, 0) is 41.5 Å². The average Bonchev–Trinajstić information content (AvgIpc) is 2.78. The van der Waals surface area contributed by atoms with Gasteiger partial charge in [-0.15, -0.1) is 11.6 Å². The lowest BCUT2D eigenvalue weighted by Crippen LogP contribution is -2.23. The zero-order valence-electron chi connectivity index (χ0n) is 10.9. The quantitative estimate of drug-likeness (QED) is 0.569. The lowest BCUT2D eigenvalue weighted by atomic mass is 10.1. The molecule has 1 aromatic carbocycles. The Labute approximate surface area is 135 Å². The van der Waals surface area contributed by atoms with E-state index in [1.54, 1.807) is 12.1 Å². The normalized spacial score (nSPS) is 19.6. The summed E-state index contributed by atoms with van der Waals surface area (Å²) >= 11 is 7.87. The predicted molar refractivity (Wildman–Crippen MR) is 85.9 cm³/mol. The van der Waals surface area contributed by atoms with Gasteiger partial charge >= 0.3 is 0 Å². The van der Waals surface area contributed by atoms with Gasteiger partial charge in [0.25, 0.3) is 0 Å². The molecule has 108 valence electrons. The van der Waals surface area contributed by atoms with Crippen LogP contribution in [-0.2, 0) is 11.2 Å². The van der Waals surface area contributed by atoms with Crippen molar-refractivity contribution in [1.29, 1.82) is 0 Å². The van der Waals surface area contributed by atoms with Gasteiger partial charge in [0.15, 0.2) is 0 Å². The molecule has 1 aromatic heterocycles. The third-order valence-corrected chi connectivity index (χ3v) is 4.64. The summed E-state index contributed by atoms with van der Waals surface area (Å²) in [5.74, 6) is 1.23. The Hall–Kier alpha value is -0.400. The molecule has 20 heavy (non-hydrogen) atoms. The van der Waals surface area contributed by atoms with Crippen LogP contribution in [0.1, 0.15) is 24.7 Å². The third kappa shape index (κ3) is 2.67. The molecular formula is C14H15ClFIN2O. The van der Waals surface area contributed by atoms with Crippen molar-refractivity contribution >= 4 is 45.2 Å². The molecule has 6 heteroatoms. The fraction of sp³-hybridized carbons (Fsp3) is 0.500. The summed E-state index contributed by atoms with van der Waals surface area (Å²) < 4.78 is 22.2. The molecule has 3 nitrogen and oxygen atoms in total. The summed E-state index contributed by atoms with van der Waals surface area (Å²) in [6.07, 6.45) is 2.75. The van der Waals surface area contributed by atoms with Gasteiger partial charge in [0.2, 0.25) is 0 Å². The average molecular weight is 409 g/mol. The number of rotatable bonds is 3. The molecular weight excluding hydrogens is 394 g/mol. The summed E-state index contributed by atoms with van der Waals surface area (Å²) in [6.45, 7) is 1.47. The van der Waals surface area contributed by atoms with E-state index in [0.29, 0.717) is 22.5 Å². The minimum atomic E-state index is -0.201. The molecule has 1 saturated heterocycles. The Morgan fingerprint density at radius 1 is 1.50 bits per heavy atom. The zero-order chi connectivity index (χ0) is 14.1. The number of aromatic nitrogens is 2. The van der Waals surface area contributed by atoms with Gasteiger partial charge in [-0.25, -0.2) is 9.37 Å². The van der Waals surface area contributed by atoms with E-state index in [0.717, 1.165) is 36.3 Å². The molecule has 1 unspecified atom stereocenters. The van der Waals surface area contributed by atoms with Gasteiger partial charge in [-0.1, -0.05) is 0 Å². The van der Waals surface area contributed by atoms with Crippen molar-refractivity contribution < 1.29 is 9.13 Å². The first-order chi connectivity index (χ1) is 9.70. The molecule has 1 aliphatic heterocycles. The highest BCUT2D eigenvalue weighted by atomic mass is 127. The highest BCUT2D eigenvalue weighted by molar-refractivity contribution is 14.1. The Morgan fingerprint density at radius 2 is 2.35 bits per heavy atom. The molecule has 0 amide bonds. The first-order valence-corrected chi connectivity index (χ1v) is 8.31. The molecule has 0 saturated carbocycles. The van der Waals surface area contributed by atoms with Crippen molar-refractivity contribution in [2.24, 2.45) is 0 Å². The number of hydrogen-bond donors (Lipinski definition) is 0. The predicted octanol–water partition coefficient (Wildman–Crippen LogP) is 3.91. The van der Waals surface area contributed by atoms with Crippen molar-refractivity contribution in [2.45, 2.75) is 25.3 Å². The van der Waals surface area contributed by atoms with Crippen LogP contribution in [0, 0.1) is 9.39 Å². The summed E-state index contributed by atoms with van der Waals surface area (Å²) in [6, 6.07) is 3.60. The van der Waals surface area contributed by atoms with Gasteiger partial charge in [0, 0.05) is 25.0 Å². The van der Waals surface area contributed by atoms with E-state index in [2.05, 4.69) is 9.55 Å². The number of hydrogen-bond acceptors (Lipinski definition) is 2. The molecule has 0 aliphatic carbocycles. The minimum absolute atomic E-state index is 0.201. The highest BCUT2D eigenvalue weighted by Crippen LogP contribution is 2.29. The molecule has 1 atom stereocenters. The highest BCUT2D eigenvalue weighted by Gasteiger charge is 2.22. The fourth-order valence-corrected chi connectivity index (χ4v) is 3.36. The van der Waals surface area contributed by atoms with Crippen LogP contribution in [-0.4, -0.2) is 28.6 Å². The van der Waals surface area contributed by atoms with Gasteiger partial charge in [-0.3, -0.25) is 0 Å². The number of imidazole rings is 1. The molecule has 0 radical (unpaired) electrons. The Morgan fingerprint density at radius 3 is 3.05 bits per heavy atom. The van der Waals surface area contributed by atoms with Crippen LogP contribution >= 0.6 is 34.2 Å². The summed E-state index contributed by atoms with van der Waals surface area (Å²) in [5.41, 5.74) is 1.68. The topological polar surface area (TPSA) is 27.1 Å². The molecule has 1 fully saturated rings. The van der Waals surface area contributed by atoms with Crippen molar-refractivity contribution in [1.82, 2.24) is 9.55 Å². The first-order valence-electron chi connectivity index (χ1n) is 6.70. The number of aryl methyl sites for hydroxylation is 1. The third-order valence-electron chi connectivity index (χ3n) is 3.62. The summed E-state index contributed by atoms with van der Waals surface area (Å²) in [5, 5.41) is 0. The van der Waals surface area contributed by atoms with Gasteiger partial charge in [0.1, 0.15) is 11.6 Å². The number of alkyl halides is 1. The largest absolute Gasteiger partial charge is 0.379 e. The lowest BCUT2D eigenvalue weighted by Gasteiger charge is -2.25. The molecule has 0 N–H and O–H groups in total. The Kier molecular flexibility index (Phi) is 4.47. The molecule has 0 bridgehead atoms. The van der Waals surface area contributed by atoms with Gasteiger partial charge in [-0.2, -0.15) is 0 Å². The molecule has 1 aliphatic rings. The second-order valence-corrected chi connectivity index (χ2v) is 6.50. The van der Waals surface area contributed by atoms with Crippen molar-refractivity contribution in [2.75, 3.05) is 19.1 Å². The van der Waals surface area contributed by atoms with E-state index in [1.807, 2.05) is 22.6 Å². The molecule has 2 aromatic rings. The maximum atomic E-state index is 13.9. The number of fused-ring (bicyclic) bond motifs is 1. The SMILES string of the molecule is Fc1cc2c(cc1I)nc(CCCl)n2C1CCCOC1. The van der Waals surface area contributed by atoms with E-state index in [9.17, 15) is 4.39 Å². The van der Waals surface area contributed by atoms with Crippen LogP contribution in [0.25, 0.3) is 11.0 Å². The van der Waals surface area contributed by atoms with Crippen LogP contribution < -0.4 is 0 Å². The Balaban J connectivity index is 2.14. The minimum Gasteiger partial charge on any atom is -0.379 e. The molecule has 2 heterocycles. The number of nitrogens with zero attached hydrogens (tertiary/aromatic N) is 2. The Bertz CT molecular complexity index is 625. The standard InChI is InChI=1S/C14H15ClFIN2O/c15-4-3-14-18-12-7-11(17)10(16)6-13(12)19(14)9-2-1-5-20-8-9/h6-7,9H,1-5,8H2. The van der Waals surface area contributed by atoms with Crippen LogP contribution in [0.15, 0.2) is 12.1 Å².